The number of rotatable bonds is 6. The second-order valence-corrected chi connectivity index (χ2v) is 5.13. The van der Waals surface area contributed by atoms with Gasteiger partial charge in [-0.05, 0) is 42.0 Å². The average Bonchev–Trinajstić information content (AvgIpc) is 2.52. The molecule has 0 heterocycles. The summed E-state index contributed by atoms with van der Waals surface area (Å²) in [5, 5.41) is 0. The van der Waals surface area contributed by atoms with E-state index in [2.05, 4.69) is 49.4 Å². The van der Waals surface area contributed by atoms with Gasteiger partial charge in [-0.15, -0.1) is 0 Å². The SMILES string of the molecule is COc1ccccc1C(C)C(CCN)c1ccccc1. The Labute approximate surface area is 121 Å². The summed E-state index contributed by atoms with van der Waals surface area (Å²) in [5.74, 6) is 1.74. The Balaban J connectivity index is 2.34. The number of ether oxygens (including phenoxy) is 1. The summed E-state index contributed by atoms with van der Waals surface area (Å²) in [6, 6.07) is 18.9. The largest absolute Gasteiger partial charge is 0.496 e. The van der Waals surface area contributed by atoms with Crippen molar-refractivity contribution < 1.29 is 4.74 Å². The molecule has 106 valence electrons. The maximum atomic E-state index is 5.82. The molecule has 0 saturated carbocycles. The molecule has 20 heavy (non-hydrogen) atoms. The molecule has 2 rings (SSSR count). The van der Waals surface area contributed by atoms with Gasteiger partial charge < -0.3 is 10.5 Å². The van der Waals surface area contributed by atoms with E-state index in [1.807, 2.05) is 12.1 Å². The molecular formula is C18H23NO. The molecule has 0 spiro atoms. The Hall–Kier alpha value is -1.80. The monoisotopic (exact) mass is 269 g/mol. The fourth-order valence-corrected chi connectivity index (χ4v) is 2.84. The van der Waals surface area contributed by atoms with Gasteiger partial charge in [0.2, 0.25) is 0 Å². The Kier molecular flexibility index (Phi) is 5.19. The van der Waals surface area contributed by atoms with Gasteiger partial charge >= 0.3 is 0 Å². The van der Waals surface area contributed by atoms with Crippen LogP contribution in [-0.4, -0.2) is 13.7 Å². The van der Waals surface area contributed by atoms with Crippen LogP contribution in [0.5, 0.6) is 5.75 Å². The second kappa shape index (κ2) is 7.11. The Morgan fingerprint density at radius 1 is 1.00 bits per heavy atom. The van der Waals surface area contributed by atoms with Crippen molar-refractivity contribution in [1.29, 1.82) is 0 Å². The molecule has 0 fully saturated rings. The van der Waals surface area contributed by atoms with Crippen molar-refractivity contribution in [2.24, 2.45) is 5.73 Å². The third kappa shape index (κ3) is 3.20. The van der Waals surface area contributed by atoms with Crippen molar-refractivity contribution in [2.75, 3.05) is 13.7 Å². The van der Waals surface area contributed by atoms with Gasteiger partial charge in [-0.25, -0.2) is 0 Å². The quantitative estimate of drug-likeness (QED) is 0.862. The van der Waals surface area contributed by atoms with Crippen LogP contribution < -0.4 is 10.5 Å². The standard InChI is InChI=1S/C18H23NO/c1-14(17-10-6-7-11-18(17)20-2)16(12-13-19)15-8-4-3-5-9-15/h3-11,14,16H,12-13,19H2,1-2H3. The van der Waals surface area contributed by atoms with Crippen LogP contribution in [0.3, 0.4) is 0 Å². The molecule has 0 radical (unpaired) electrons. The van der Waals surface area contributed by atoms with Crippen LogP contribution >= 0.6 is 0 Å². The first kappa shape index (κ1) is 14.6. The number of para-hydroxylation sites is 1. The summed E-state index contributed by atoms with van der Waals surface area (Å²) < 4.78 is 5.50. The first-order valence-electron chi connectivity index (χ1n) is 7.15. The molecular weight excluding hydrogens is 246 g/mol. The summed E-state index contributed by atoms with van der Waals surface area (Å²) in [6.07, 6.45) is 0.975. The van der Waals surface area contributed by atoms with Gasteiger partial charge in [-0.2, -0.15) is 0 Å². The lowest BCUT2D eigenvalue weighted by Gasteiger charge is -2.26. The van der Waals surface area contributed by atoms with Crippen molar-refractivity contribution in [3.8, 4) is 5.75 Å². The minimum Gasteiger partial charge on any atom is -0.496 e. The summed E-state index contributed by atoms with van der Waals surface area (Å²) in [4.78, 5) is 0. The number of hydrogen-bond acceptors (Lipinski definition) is 2. The predicted molar refractivity (Wildman–Crippen MR) is 84.3 cm³/mol. The Morgan fingerprint density at radius 2 is 1.65 bits per heavy atom. The van der Waals surface area contributed by atoms with Gasteiger partial charge in [0, 0.05) is 0 Å². The highest BCUT2D eigenvalue weighted by molar-refractivity contribution is 5.38. The Bertz CT molecular complexity index is 524. The average molecular weight is 269 g/mol. The number of hydrogen-bond donors (Lipinski definition) is 1. The molecule has 0 aliphatic carbocycles. The van der Waals surface area contributed by atoms with E-state index < -0.39 is 0 Å². The zero-order valence-electron chi connectivity index (χ0n) is 12.3. The first-order chi connectivity index (χ1) is 9.77. The van der Waals surface area contributed by atoms with Crippen molar-refractivity contribution >= 4 is 0 Å². The lowest BCUT2D eigenvalue weighted by atomic mass is 9.80. The topological polar surface area (TPSA) is 35.2 Å². The summed E-state index contributed by atoms with van der Waals surface area (Å²) in [6.45, 7) is 2.95. The van der Waals surface area contributed by atoms with Gasteiger partial charge in [-0.1, -0.05) is 55.5 Å². The lowest BCUT2D eigenvalue weighted by molar-refractivity contribution is 0.401. The van der Waals surface area contributed by atoms with Crippen LogP contribution in [0, 0.1) is 0 Å². The van der Waals surface area contributed by atoms with E-state index in [1.54, 1.807) is 7.11 Å². The molecule has 0 aromatic heterocycles. The summed E-state index contributed by atoms with van der Waals surface area (Å²) in [5.41, 5.74) is 8.41. The number of methoxy groups -OCH3 is 1. The second-order valence-electron chi connectivity index (χ2n) is 5.13. The van der Waals surface area contributed by atoms with E-state index in [-0.39, 0.29) is 0 Å². The van der Waals surface area contributed by atoms with Gasteiger partial charge in [0.25, 0.3) is 0 Å². The molecule has 0 aliphatic rings. The van der Waals surface area contributed by atoms with Crippen LogP contribution in [0.2, 0.25) is 0 Å². The first-order valence-corrected chi connectivity index (χ1v) is 7.15. The molecule has 2 aromatic carbocycles. The van der Waals surface area contributed by atoms with Gasteiger partial charge in [0.1, 0.15) is 5.75 Å². The van der Waals surface area contributed by atoms with Crippen LogP contribution in [0.15, 0.2) is 54.6 Å². The van der Waals surface area contributed by atoms with E-state index in [0.29, 0.717) is 18.4 Å². The minimum absolute atomic E-state index is 0.372. The molecule has 2 aromatic rings. The van der Waals surface area contributed by atoms with Crippen LogP contribution in [-0.2, 0) is 0 Å². The molecule has 0 amide bonds. The Morgan fingerprint density at radius 3 is 2.30 bits per heavy atom. The molecule has 2 atom stereocenters. The zero-order chi connectivity index (χ0) is 14.4. The van der Waals surface area contributed by atoms with E-state index in [1.165, 1.54) is 11.1 Å². The maximum Gasteiger partial charge on any atom is 0.122 e. The van der Waals surface area contributed by atoms with Crippen LogP contribution in [0.25, 0.3) is 0 Å². The minimum atomic E-state index is 0.372. The van der Waals surface area contributed by atoms with E-state index in [9.17, 15) is 0 Å². The lowest BCUT2D eigenvalue weighted by Crippen LogP contribution is -2.14. The molecule has 2 nitrogen and oxygen atoms in total. The van der Waals surface area contributed by atoms with E-state index >= 15 is 0 Å². The van der Waals surface area contributed by atoms with Crippen LogP contribution in [0.4, 0.5) is 0 Å². The molecule has 2 heteroatoms. The van der Waals surface area contributed by atoms with Crippen molar-refractivity contribution in [3.05, 3.63) is 65.7 Å². The third-order valence-corrected chi connectivity index (χ3v) is 3.94. The van der Waals surface area contributed by atoms with Crippen molar-refractivity contribution in [3.63, 3.8) is 0 Å². The molecule has 0 aliphatic heterocycles. The van der Waals surface area contributed by atoms with E-state index in [4.69, 9.17) is 10.5 Å². The fraction of sp³-hybridized carbons (Fsp3) is 0.333. The van der Waals surface area contributed by atoms with Crippen LogP contribution in [0.1, 0.15) is 36.3 Å². The van der Waals surface area contributed by atoms with Gasteiger partial charge in [0.05, 0.1) is 7.11 Å². The maximum absolute atomic E-state index is 5.82. The molecule has 0 saturated heterocycles. The molecule has 0 bridgehead atoms. The smallest absolute Gasteiger partial charge is 0.122 e. The van der Waals surface area contributed by atoms with Gasteiger partial charge in [0.15, 0.2) is 0 Å². The van der Waals surface area contributed by atoms with Crippen molar-refractivity contribution in [2.45, 2.75) is 25.2 Å². The number of benzene rings is 2. The highest BCUT2D eigenvalue weighted by Gasteiger charge is 2.22. The third-order valence-electron chi connectivity index (χ3n) is 3.94. The highest BCUT2D eigenvalue weighted by atomic mass is 16.5. The highest BCUT2D eigenvalue weighted by Crippen LogP contribution is 2.38. The van der Waals surface area contributed by atoms with Crippen molar-refractivity contribution in [1.82, 2.24) is 0 Å². The fourth-order valence-electron chi connectivity index (χ4n) is 2.84. The van der Waals surface area contributed by atoms with E-state index in [0.717, 1.165) is 12.2 Å². The predicted octanol–water partition coefficient (Wildman–Crippen LogP) is 3.93. The number of nitrogens with two attached hydrogens (primary N) is 1. The van der Waals surface area contributed by atoms with Gasteiger partial charge in [-0.3, -0.25) is 0 Å². The molecule has 2 N–H and O–H groups in total. The summed E-state index contributed by atoms with van der Waals surface area (Å²) >= 11 is 0. The zero-order valence-corrected chi connectivity index (χ0v) is 12.3. The summed E-state index contributed by atoms with van der Waals surface area (Å²) in [7, 11) is 1.73. The normalized spacial score (nSPS) is 13.8. The molecule has 2 unspecified atom stereocenters.